The van der Waals surface area contributed by atoms with Crippen LogP contribution in [0.4, 0.5) is 28.9 Å². The van der Waals surface area contributed by atoms with Crippen LogP contribution in [0.2, 0.25) is 0 Å². The summed E-state index contributed by atoms with van der Waals surface area (Å²) in [4.78, 5) is 21.1. The van der Waals surface area contributed by atoms with Gasteiger partial charge in [-0.2, -0.15) is 0 Å². The molecule has 0 fully saturated rings. The summed E-state index contributed by atoms with van der Waals surface area (Å²) in [7, 11) is 1.28. The Morgan fingerprint density at radius 3 is 2.32 bits per heavy atom. The average Bonchev–Trinajstić information content (AvgIpc) is 2.73. The molecule has 0 amide bonds. The summed E-state index contributed by atoms with van der Waals surface area (Å²) >= 11 is 0. The number of hydrogen-bond acceptors (Lipinski definition) is 4. The molecule has 0 bridgehead atoms. The lowest BCUT2D eigenvalue weighted by atomic mass is 10.0. The molecule has 162 valence electrons. The Hall–Kier alpha value is -3.55. The molecule has 3 rings (SSSR count). The number of carbonyl (C=O) groups is 1. The highest BCUT2D eigenvalue weighted by molar-refractivity contribution is 5.74. The monoisotopic (exact) mass is 433 g/mol. The van der Waals surface area contributed by atoms with Gasteiger partial charge in [-0.3, -0.25) is 9.78 Å². The highest BCUT2D eigenvalue weighted by atomic mass is 19.1. The van der Waals surface area contributed by atoms with Crippen molar-refractivity contribution in [3.8, 4) is 16.9 Å². The molecule has 0 heterocycles. The summed E-state index contributed by atoms with van der Waals surface area (Å²) in [6, 6.07) is 10.7. The first-order valence-electron chi connectivity index (χ1n) is 9.38. The van der Waals surface area contributed by atoms with Crippen LogP contribution in [0.25, 0.3) is 11.1 Å². The molecular weight excluding hydrogens is 414 g/mol. The van der Waals surface area contributed by atoms with E-state index in [0.29, 0.717) is 11.1 Å². The molecule has 0 N–H and O–H groups in total. The molecule has 0 saturated carbocycles. The van der Waals surface area contributed by atoms with Gasteiger partial charge < -0.3 is 4.90 Å². The van der Waals surface area contributed by atoms with Crippen molar-refractivity contribution in [2.45, 2.75) is 20.3 Å². The normalized spacial score (nSPS) is 10.7. The Kier molecular flexibility index (Phi) is 6.48. The summed E-state index contributed by atoms with van der Waals surface area (Å²) in [6.07, 6.45) is 0.176. The van der Waals surface area contributed by atoms with Crippen LogP contribution in [-0.2, 0) is 16.1 Å². The molecule has 4 nitrogen and oxygen atoms in total. The maximum Gasteiger partial charge on any atom is 0.352 e. The van der Waals surface area contributed by atoms with Crippen LogP contribution in [0.15, 0.2) is 48.5 Å². The largest absolute Gasteiger partial charge is 0.352 e. The predicted molar refractivity (Wildman–Crippen MR) is 108 cm³/mol. The molecule has 0 atom stereocenters. The van der Waals surface area contributed by atoms with Crippen LogP contribution in [0.1, 0.15) is 19.4 Å². The molecule has 0 aliphatic carbocycles. The smallest absolute Gasteiger partial charge is 0.337 e. The van der Waals surface area contributed by atoms with Gasteiger partial charge in [-0.15, -0.1) is 0 Å². The standard InChI is InChI=1S/C23H19F4NO3/c1-4-14-12-20(31-30-13(2)29)22(27)23(21(14)26)28(3)19-11-16(8-9-18(19)25)15-6-5-7-17(24)10-15/h5-12H,4H2,1-3H3. The lowest BCUT2D eigenvalue weighted by Crippen LogP contribution is -2.17. The van der Waals surface area contributed by atoms with Crippen molar-refractivity contribution in [2.24, 2.45) is 0 Å². The topological polar surface area (TPSA) is 38.8 Å². The molecule has 0 saturated heterocycles. The molecule has 31 heavy (non-hydrogen) atoms. The Morgan fingerprint density at radius 1 is 0.968 bits per heavy atom. The van der Waals surface area contributed by atoms with Crippen molar-refractivity contribution in [2.75, 3.05) is 11.9 Å². The van der Waals surface area contributed by atoms with Gasteiger partial charge in [0, 0.05) is 14.0 Å². The lowest BCUT2D eigenvalue weighted by Gasteiger charge is -2.24. The molecule has 3 aromatic carbocycles. The second-order valence-electron chi connectivity index (χ2n) is 6.76. The van der Waals surface area contributed by atoms with Gasteiger partial charge in [0.15, 0.2) is 11.6 Å². The Morgan fingerprint density at radius 2 is 1.68 bits per heavy atom. The number of anilines is 2. The van der Waals surface area contributed by atoms with Crippen molar-refractivity contribution >= 4 is 17.3 Å². The zero-order valence-electron chi connectivity index (χ0n) is 17.0. The maximum absolute atomic E-state index is 15.1. The minimum atomic E-state index is -1.17. The third kappa shape index (κ3) is 4.63. The highest BCUT2D eigenvalue weighted by Gasteiger charge is 2.25. The minimum Gasteiger partial charge on any atom is -0.337 e. The average molecular weight is 433 g/mol. The second kappa shape index (κ2) is 9.07. The molecule has 8 heteroatoms. The quantitative estimate of drug-likeness (QED) is 0.268. The van der Waals surface area contributed by atoms with E-state index in [0.717, 1.165) is 24.0 Å². The van der Waals surface area contributed by atoms with E-state index in [1.54, 1.807) is 13.0 Å². The summed E-state index contributed by atoms with van der Waals surface area (Å²) < 4.78 is 58.3. The van der Waals surface area contributed by atoms with Crippen molar-refractivity contribution in [1.82, 2.24) is 0 Å². The van der Waals surface area contributed by atoms with Crippen molar-refractivity contribution in [1.29, 1.82) is 0 Å². The predicted octanol–water partition coefficient (Wildman–Crippen LogP) is 6.10. The van der Waals surface area contributed by atoms with E-state index < -0.39 is 40.7 Å². The second-order valence-corrected chi connectivity index (χ2v) is 6.76. The zero-order valence-corrected chi connectivity index (χ0v) is 17.0. The minimum absolute atomic E-state index is 0.0760. The van der Waals surface area contributed by atoms with Crippen molar-refractivity contribution in [3.63, 3.8) is 0 Å². The molecule has 0 aromatic heterocycles. The van der Waals surface area contributed by atoms with Crippen LogP contribution in [-0.4, -0.2) is 13.0 Å². The molecule has 0 unspecified atom stereocenters. The van der Waals surface area contributed by atoms with E-state index >= 15 is 8.78 Å². The van der Waals surface area contributed by atoms with Crippen molar-refractivity contribution < 1.29 is 32.1 Å². The van der Waals surface area contributed by atoms with E-state index in [-0.39, 0.29) is 17.7 Å². The number of rotatable bonds is 6. The Balaban J connectivity index is 2.12. The fraction of sp³-hybridized carbons (Fsp3) is 0.174. The van der Waals surface area contributed by atoms with Gasteiger partial charge in [-0.1, -0.05) is 25.1 Å². The number of carbonyl (C=O) groups excluding carboxylic acids is 1. The number of nitrogens with zero attached hydrogens (tertiary/aromatic N) is 1. The van der Waals surface area contributed by atoms with Gasteiger partial charge in [0.1, 0.15) is 17.3 Å². The number of halogens is 4. The van der Waals surface area contributed by atoms with Gasteiger partial charge in [0.2, 0.25) is 5.75 Å². The van der Waals surface area contributed by atoms with E-state index in [9.17, 15) is 13.6 Å². The van der Waals surface area contributed by atoms with Gasteiger partial charge in [-0.25, -0.2) is 22.4 Å². The fourth-order valence-electron chi connectivity index (χ4n) is 3.10. The third-order valence-electron chi connectivity index (χ3n) is 4.65. The molecular formula is C23H19F4NO3. The van der Waals surface area contributed by atoms with E-state index in [2.05, 4.69) is 4.89 Å². The van der Waals surface area contributed by atoms with Crippen LogP contribution < -0.4 is 9.79 Å². The first-order valence-corrected chi connectivity index (χ1v) is 9.38. The van der Waals surface area contributed by atoms with Crippen molar-refractivity contribution in [3.05, 3.63) is 77.4 Å². The van der Waals surface area contributed by atoms with E-state index in [1.165, 1.54) is 37.4 Å². The summed E-state index contributed by atoms with van der Waals surface area (Å²) in [5, 5.41) is 0. The fourth-order valence-corrected chi connectivity index (χ4v) is 3.10. The maximum atomic E-state index is 15.1. The van der Waals surface area contributed by atoms with Crippen LogP contribution in [0.3, 0.4) is 0 Å². The zero-order chi connectivity index (χ0) is 22.7. The highest BCUT2D eigenvalue weighted by Crippen LogP contribution is 2.38. The first-order chi connectivity index (χ1) is 14.7. The van der Waals surface area contributed by atoms with E-state index in [1.807, 2.05) is 0 Å². The van der Waals surface area contributed by atoms with Crippen LogP contribution in [0, 0.1) is 23.3 Å². The van der Waals surface area contributed by atoms with Gasteiger partial charge in [-0.05, 0) is 53.4 Å². The summed E-state index contributed by atoms with van der Waals surface area (Å²) in [5.74, 6) is -4.65. The van der Waals surface area contributed by atoms with Gasteiger partial charge >= 0.3 is 5.97 Å². The summed E-state index contributed by atoms with van der Waals surface area (Å²) in [5.41, 5.74) is 0.263. The number of aryl methyl sites for hydroxylation is 1. The third-order valence-corrected chi connectivity index (χ3v) is 4.65. The molecule has 0 aliphatic heterocycles. The first kappa shape index (κ1) is 22.1. The van der Waals surface area contributed by atoms with Crippen LogP contribution in [0.5, 0.6) is 5.75 Å². The van der Waals surface area contributed by atoms with E-state index in [4.69, 9.17) is 4.89 Å². The van der Waals surface area contributed by atoms with Crippen LogP contribution >= 0.6 is 0 Å². The summed E-state index contributed by atoms with van der Waals surface area (Å²) in [6.45, 7) is 2.70. The molecule has 0 aliphatic rings. The number of hydrogen-bond donors (Lipinski definition) is 0. The van der Waals surface area contributed by atoms with Gasteiger partial charge in [0.25, 0.3) is 0 Å². The molecule has 0 radical (unpaired) electrons. The van der Waals surface area contributed by atoms with Gasteiger partial charge in [0.05, 0.1) is 5.69 Å². The molecule has 3 aromatic rings. The SMILES string of the molecule is CCc1cc(OOC(C)=O)c(F)c(N(C)c2cc(-c3cccc(F)c3)ccc2F)c1F. The Labute approximate surface area is 176 Å². The number of benzene rings is 3. The molecule has 0 spiro atoms. The lowest BCUT2D eigenvalue weighted by molar-refractivity contribution is -0.211. The Bertz CT molecular complexity index is 1130.